The second-order valence-corrected chi connectivity index (χ2v) is 6.30. The van der Waals surface area contributed by atoms with Crippen LogP contribution in [0.1, 0.15) is 18.3 Å². The third kappa shape index (κ3) is 2.71. The Morgan fingerprint density at radius 1 is 1.33 bits per heavy atom. The summed E-state index contributed by atoms with van der Waals surface area (Å²) in [5.74, 6) is 1.34. The molecule has 0 unspecified atom stereocenters. The zero-order valence-electron chi connectivity index (χ0n) is 11.7. The van der Waals surface area contributed by atoms with Gasteiger partial charge in [0.2, 0.25) is 0 Å². The van der Waals surface area contributed by atoms with E-state index in [-0.39, 0.29) is 5.56 Å². The van der Waals surface area contributed by atoms with Gasteiger partial charge in [-0.25, -0.2) is 15.0 Å². The van der Waals surface area contributed by atoms with Crippen molar-refractivity contribution in [2.45, 2.75) is 31.3 Å². The molecular formula is C14H14N4OS2. The van der Waals surface area contributed by atoms with Crippen LogP contribution in [0.3, 0.4) is 0 Å². The van der Waals surface area contributed by atoms with Crippen LogP contribution in [0.15, 0.2) is 33.8 Å². The van der Waals surface area contributed by atoms with E-state index in [1.54, 1.807) is 23.0 Å². The lowest BCUT2D eigenvalue weighted by atomic mass is 10.3. The number of thiophene rings is 1. The van der Waals surface area contributed by atoms with Gasteiger partial charge in [0.25, 0.3) is 5.56 Å². The van der Waals surface area contributed by atoms with Crippen LogP contribution in [0.5, 0.6) is 0 Å². The van der Waals surface area contributed by atoms with Crippen molar-refractivity contribution in [3.8, 4) is 0 Å². The van der Waals surface area contributed by atoms with Gasteiger partial charge < -0.3 is 0 Å². The summed E-state index contributed by atoms with van der Waals surface area (Å²) in [7, 11) is 0. The Labute approximate surface area is 130 Å². The highest BCUT2D eigenvalue weighted by molar-refractivity contribution is 7.98. The number of aryl methyl sites for hydroxylation is 1. The van der Waals surface area contributed by atoms with Crippen LogP contribution in [-0.4, -0.2) is 19.5 Å². The van der Waals surface area contributed by atoms with Gasteiger partial charge in [0.1, 0.15) is 10.7 Å². The van der Waals surface area contributed by atoms with E-state index in [2.05, 4.69) is 15.0 Å². The summed E-state index contributed by atoms with van der Waals surface area (Å²) in [6, 6.07) is 1.79. The largest absolute Gasteiger partial charge is 0.287 e. The number of hydrogen-bond donors (Lipinski definition) is 0. The molecule has 0 radical (unpaired) electrons. The van der Waals surface area contributed by atoms with Gasteiger partial charge in [0, 0.05) is 18.9 Å². The molecule has 7 heteroatoms. The van der Waals surface area contributed by atoms with Crippen molar-refractivity contribution >= 4 is 33.3 Å². The molecule has 3 heterocycles. The molecule has 0 atom stereocenters. The van der Waals surface area contributed by atoms with Crippen LogP contribution in [-0.2, 0) is 12.3 Å². The minimum absolute atomic E-state index is 0.0396. The highest BCUT2D eigenvalue weighted by atomic mass is 32.2. The van der Waals surface area contributed by atoms with Crippen LogP contribution in [0.2, 0.25) is 0 Å². The molecule has 0 spiro atoms. The fourth-order valence-electron chi connectivity index (χ4n) is 2.06. The van der Waals surface area contributed by atoms with Gasteiger partial charge in [0.05, 0.1) is 11.1 Å². The van der Waals surface area contributed by atoms with Gasteiger partial charge in [0.15, 0.2) is 5.16 Å². The topological polar surface area (TPSA) is 60.7 Å². The molecule has 0 saturated carbocycles. The van der Waals surface area contributed by atoms with E-state index in [0.29, 0.717) is 12.3 Å². The molecule has 0 aliphatic carbocycles. The third-order valence-corrected chi connectivity index (χ3v) is 5.07. The molecule has 0 aliphatic heterocycles. The quantitative estimate of drug-likeness (QED) is 0.547. The van der Waals surface area contributed by atoms with Gasteiger partial charge in [-0.2, -0.15) is 0 Å². The normalized spacial score (nSPS) is 11.1. The lowest BCUT2D eigenvalue weighted by molar-refractivity contribution is 0.635. The summed E-state index contributed by atoms with van der Waals surface area (Å²) >= 11 is 3.01. The molecule has 3 aromatic heterocycles. The highest BCUT2D eigenvalue weighted by Gasteiger charge is 2.14. The van der Waals surface area contributed by atoms with E-state index >= 15 is 0 Å². The lowest BCUT2D eigenvalue weighted by Gasteiger charge is -2.09. The Morgan fingerprint density at radius 2 is 2.10 bits per heavy atom. The second kappa shape index (κ2) is 5.95. The molecule has 0 fully saturated rings. The van der Waals surface area contributed by atoms with Crippen LogP contribution >= 0.6 is 23.1 Å². The van der Waals surface area contributed by atoms with Crippen molar-refractivity contribution in [1.82, 2.24) is 19.5 Å². The highest BCUT2D eigenvalue weighted by Crippen LogP contribution is 2.25. The number of nitrogens with zero attached hydrogens (tertiary/aromatic N) is 4. The maximum Gasteiger partial charge on any atom is 0.263 e. The molecule has 0 aliphatic rings. The van der Waals surface area contributed by atoms with Gasteiger partial charge in [-0.15, -0.1) is 11.3 Å². The van der Waals surface area contributed by atoms with E-state index in [4.69, 9.17) is 0 Å². The summed E-state index contributed by atoms with van der Waals surface area (Å²) < 4.78 is 1.72. The van der Waals surface area contributed by atoms with Gasteiger partial charge in [-0.05, 0) is 30.9 Å². The number of hydrogen-bond acceptors (Lipinski definition) is 6. The van der Waals surface area contributed by atoms with Crippen molar-refractivity contribution in [2.24, 2.45) is 0 Å². The Morgan fingerprint density at radius 3 is 2.81 bits per heavy atom. The van der Waals surface area contributed by atoms with Gasteiger partial charge in [-0.3, -0.25) is 9.36 Å². The maximum atomic E-state index is 12.6. The number of rotatable bonds is 4. The molecule has 0 bridgehead atoms. The molecule has 108 valence electrons. The first-order valence-electron chi connectivity index (χ1n) is 6.58. The third-order valence-electron chi connectivity index (χ3n) is 3.11. The van der Waals surface area contributed by atoms with E-state index in [0.717, 1.165) is 26.8 Å². The SMILES string of the molecule is CCn1c(SCc2ncccn2)nc2scc(C)c2c1=O. The average molecular weight is 318 g/mol. The number of aromatic nitrogens is 4. The molecule has 0 N–H and O–H groups in total. The average Bonchev–Trinajstić information content (AvgIpc) is 2.88. The van der Waals surface area contributed by atoms with E-state index in [1.807, 2.05) is 19.2 Å². The number of fused-ring (bicyclic) bond motifs is 1. The van der Waals surface area contributed by atoms with E-state index < -0.39 is 0 Å². The molecule has 3 rings (SSSR count). The molecule has 3 aromatic rings. The minimum Gasteiger partial charge on any atom is -0.287 e. The fourth-order valence-corrected chi connectivity index (χ4v) is 3.97. The Hall–Kier alpha value is -1.73. The van der Waals surface area contributed by atoms with E-state index in [9.17, 15) is 4.79 Å². The first-order chi connectivity index (χ1) is 10.2. The zero-order chi connectivity index (χ0) is 14.8. The molecule has 5 nitrogen and oxygen atoms in total. The van der Waals surface area contributed by atoms with Crippen molar-refractivity contribution in [1.29, 1.82) is 0 Å². The Balaban J connectivity index is 2.00. The first kappa shape index (κ1) is 14.2. The summed E-state index contributed by atoms with van der Waals surface area (Å²) in [4.78, 5) is 26.4. The second-order valence-electron chi connectivity index (χ2n) is 4.50. The van der Waals surface area contributed by atoms with Crippen molar-refractivity contribution in [3.05, 3.63) is 45.6 Å². The summed E-state index contributed by atoms with van der Waals surface area (Å²) in [6.45, 7) is 4.52. The first-order valence-corrected chi connectivity index (χ1v) is 8.44. The summed E-state index contributed by atoms with van der Waals surface area (Å²) in [5.41, 5.74) is 1.04. The Bertz CT molecular complexity index is 826. The van der Waals surface area contributed by atoms with Gasteiger partial charge in [-0.1, -0.05) is 11.8 Å². The van der Waals surface area contributed by atoms with Crippen molar-refractivity contribution in [2.75, 3.05) is 0 Å². The molecular weight excluding hydrogens is 304 g/mol. The molecule has 0 saturated heterocycles. The predicted molar refractivity (Wildman–Crippen MR) is 85.9 cm³/mol. The van der Waals surface area contributed by atoms with Gasteiger partial charge >= 0.3 is 0 Å². The van der Waals surface area contributed by atoms with Crippen LogP contribution in [0.4, 0.5) is 0 Å². The summed E-state index contributed by atoms with van der Waals surface area (Å²) in [5, 5.41) is 3.44. The van der Waals surface area contributed by atoms with Crippen LogP contribution in [0, 0.1) is 6.92 Å². The molecule has 0 aromatic carbocycles. The van der Waals surface area contributed by atoms with Crippen LogP contribution < -0.4 is 5.56 Å². The van der Waals surface area contributed by atoms with Crippen LogP contribution in [0.25, 0.3) is 10.2 Å². The molecule has 0 amide bonds. The summed E-state index contributed by atoms with van der Waals surface area (Å²) in [6.07, 6.45) is 3.43. The maximum absolute atomic E-state index is 12.6. The van der Waals surface area contributed by atoms with E-state index in [1.165, 1.54) is 23.1 Å². The predicted octanol–water partition coefficient (Wildman–Crippen LogP) is 2.87. The minimum atomic E-state index is 0.0396. The number of thioether (sulfide) groups is 1. The fraction of sp³-hybridized carbons (Fsp3) is 0.286. The zero-order valence-corrected chi connectivity index (χ0v) is 13.4. The molecule has 21 heavy (non-hydrogen) atoms. The monoisotopic (exact) mass is 318 g/mol. The van der Waals surface area contributed by atoms with Crippen molar-refractivity contribution < 1.29 is 0 Å². The standard InChI is InChI=1S/C14H14N4OS2/c1-3-18-13(19)11-9(2)7-20-12(11)17-14(18)21-8-10-15-5-4-6-16-10/h4-7H,3,8H2,1-2H3. The Kier molecular flexibility index (Phi) is 4.03. The van der Waals surface area contributed by atoms with Crippen molar-refractivity contribution in [3.63, 3.8) is 0 Å². The lowest BCUT2D eigenvalue weighted by Crippen LogP contribution is -2.22. The smallest absolute Gasteiger partial charge is 0.263 e.